The maximum absolute atomic E-state index is 2.45. The van der Waals surface area contributed by atoms with Crippen LogP contribution in [0.1, 0.15) is 47.4 Å². The Morgan fingerprint density at radius 1 is 0.529 bits per heavy atom. The van der Waals surface area contributed by atoms with Crippen LogP contribution >= 0.6 is 0 Å². The van der Waals surface area contributed by atoms with Crippen LogP contribution < -0.4 is 4.90 Å². The smallest absolute Gasteiger partial charge is 0.0540 e. The molecule has 0 bridgehead atoms. The van der Waals surface area contributed by atoms with E-state index in [9.17, 15) is 0 Å². The van der Waals surface area contributed by atoms with Crippen molar-refractivity contribution in [2.75, 3.05) is 4.90 Å². The van der Waals surface area contributed by atoms with E-state index in [2.05, 4.69) is 207 Å². The van der Waals surface area contributed by atoms with Crippen molar-refractivity contribution in [3.05, 3.63) is 191 Å². The van der Waals surface area contributed by atoms with Gasteiger partial charge >= 0.3 is 0 Å². The Hall–Kier alpha value is -6.12. The lowest BCUT2D eigenvalue weighted by Gasteiger charge is -2.27. The van der Waals surface area contributed by atoms with E-state index in [1.165, 1.54) is 72.0 Å². The highest BCUT2D eigenvalue weighted by Gasteiger charge is 2.36. The number of fused-ring (bicyclic) bond motifs is 5. The van der Waals surface area contributed by atoms with Gasteiger partial charge in [0.25, 0.3) is 0 Å². The van der Waals surface area contributed by atoms with Gasteiger partial charge in [-0.1, -0.05) is 129 Å². The third kappa shape index (κ3) is 5.02. The minimum Gasteiger partial charge on any atom is -0.314 e. The number of nitrogens with zero attached hydrogens (tertiary/aromatic N) is 2. The molecule has 1 aliphatic carbocycles. The molecule has 0 aliphatic heterocycles. The third-order valence-electron chi connectivity index (χ3n) is 11.0. The summed E-state index contributed by atoms with van der Waals surface area (Å²) in [5, 5.41) is 3.78. The van der Waals surface area contributed by atoms with Crippen LogP contribution in [0, 0.1) is 13.8 Å². The standard InChI is InChI=1S/C49H40N2/c1-33-34(2)50(37-16-8-5-9-17-37)48-32-46-44(31-43(33)48)41-28-25-35(30-45(41)49(46,3)4)24-26-36-27-29-47(42-23-15-14-22-40(36)42)51(38-18-10-6-11-19-38)39-20-12-7-13-21-39/h5-32H,1-4H3. The first kappa shape index (κ1) is 30.9. The van der Waals surface area contributed by atoms with Crippen molar-refractivity contribution in [3.8, 4) is 16.8 Å². The molecule has 1 aromatic heterocycles. The van der Waals surface area contributed by atoms with Crippen LogP contribution in [0.3, 0.4) is 0 Å². The molecule has 2 heteroatoms. The van der Waals surface area contributed by atoms with E-state index >= 15 is 0 Å². The number of benzene rings is 7. The van der Waals surface area contributed by atoms with E-state index in [0.717, 1.165) is 17.1 Å². The summed E-state index contributed by atoms with van der Waals surface area (Å²) in [7, 11) is 0. The highest BCUT2D eigenvalue weighted by molar-refractivity contribution is 6.04. The van der Waals surface area contributed by atoms with Crippen molar-refractivity contribution in [2.45, 2.75) is 33.1 Å². The van der Waals surface area contributed by atoms with Crippen molar-refractivity contribution < 1.29 is 0 Å². The molecular formula is C49H40N2. The number of rotatable bonds is 6. The Bertz CT molecular complexity index is 2570. The van der Waals surface area contributed by atoms with Crippen molar-refractivity contribution >= 4 is 50.9 Å². The molecule has 0 amide bonds. The van der Waals surface area contributed by atoms with Gasteiger partial charge in [-0.05, 0) is 113 Å². The Balaban J connectivity index is 1.10. The molecule has 7 aromatic carbocycles. The second kappa shape index (κ2) is 12.0. The first-order valence-corrected chi connectivity index (χ1v) is 17.9. The summed E-state index contributed by atoms with van der Waals surface area (Å²) in [5.41, 5.74) is 16.3. The summed E-state index contributed by atoms with van der Waals surface area (Å²) in [6.45, 7) is 9.26. The maximum atomic E-state index is 2.45. The van der Waals surface area contributed by atoms with Crippen LogP contribution in [-0.2, 0) is 5.41 Å². The molecule has 0 fully saturated rings. The minimum atomic E-state index is -0.122. The Labute approximate surface area is 300 Å². The lowest BCUT2D eigenvalue weighted by Crippen LogP contribution is -2.15. The van der Waals surface area contributed by atoms with E-state index in [-0.39, 0.29) is 5.41 Å². The fourth-order valence-corrected chi connectivity index (χ4v) is 8.24. The summed E-state index contributed by atoms with van der Waals surface area (Å²) < 4.78 is 2.42. The molecule has 2 nitrogen and oxygen atoms in total. The van der Waals surface area contributed by atoms with Crippen molar-refractivity contribution in [2.24, 2.45) is 0 Å². The fourth-order valence-electron chi connectivity index (χ4n) is 8.24. The number of aryl methyl sites for hydroxylation is 1. The average Bonchev–Trinajstić information content (AvgIpc) is 3.55. The van der Waals surface area contributed by atoms with Crippen LogP contribution in [0.4, 0.5) is 17.1 Å². The van der Waals surface area contributed by atoms with Gasteiger partial charge < -0.3 is 9.47 Å². The molecule has 51 heavy (non-hydrogen) atoms. The molecule has 0 radical (unpaired) electrons. The van der Waals surface area contributed by atoms with Crippen LogP contribution in [0.2, 0.25) is 0 Å². The highest BCUT2D eigenvalue weighted by Crippen LogP contribution is 2.51. The quantitative estimate of drug-likeness (QED) is 0.162. The van der Waals surface area contributed by atoms with Crippen LogP contribution in [0.5, 0.6) is 0 Å². The van der Waals surface area contributed by atoms with E-state index in [1.54, 1.807) is 0 Å². The normalized spacial score (nSPS) is 13.2. The number of aromatic nitrogens is 1. The molecular weight excluding hydrogens is 617 g/mol. The van der Waals surface area contributed by atoms with Gasteiger partial charge in [0.15, 0.2) is 0 Å². The van der Waals surface area contributed by atoms with E-state index in [0.29, 0.717) is 0 Å². The molecule has 246 valence electrons. The largest absolute Gasteiger partial charge is 0.314 e. The molecule has 0 saturated heterocycles. The van der Waals surface area contributed by atoms with Crippen LogP contribution in [-0.4, -0.2) is 4.57 Å². The van der Waals surface area contributed by atoms with Crippen molar-refractivity contribution in [1.29, 1.82) is 0 Å². The third-order valence-corrected chi connectivity index (χ3v) is 11.0. The second-order valence-electron chi connectivity index (χ2n) is 14.3. The summed E-state index contributed by atoms with van der Waals surface area (Å²) in [6.07, 6.45) is 4.56. The topological polar surface area (TPSA) is 8.17 Å². The SMILES string of the molecule is Cc1c(C)n(-c2ccccc2)c2cc3c(cc12)-c1ccc(C=Cc2ccc(N(c4ccccc4)c4ccccc4)c4ccccc24)cc1C3(C)C. The predicted octanol–water partition coefficient (Wildman–Crippen LogP) is 13.3. The van der Waals surface area contributed by atoms with Gasteiger partial charge in [0.1, 0.15) is 0 Å². The Morgan fingerprint density at radius 2 is 1.14 bits per heavy atom. The van der Waals surface area contributed by atoms with Gasteiger partial charge in [-0.2, -0.15) is 0 Å². The monoisotopic (exact) mass is 656 g/mol. The van der Waals surface area contributed by atoms with E-state index in [4.69, 9.17) is 0 Å². The molecule has 9 rings (SSSR count). The zero-order valence-electron chi connectivity index (χ0n) is 29.6. The van der Waals surface area contributed by atoms with E-state index < -0.39 is 0 Å². The second-order valence-corrected chi connectivity index (χ2v) is 14.3. The van der Waals surface area contributed by atoms with Gasteiger partial charge in [-0.25, -0.2) is 0 Å². The van der Waals surface area contributed by atoms with Gasteiger partial charge in [0, 0.05) is 38.9 Å². The molecule has 1 heterocycles. The molecule has 1 aliphatic rings. The molecule has 8 aromatic rings. The molecule has 0 saturated carbocycles. The highest BCUT2D eigenvalue weighted by atomic mass is 15.1. The molecule has 0 atom stereocenters. The molecule has 0 N–H and O–H groups in total. The predicted molar refractivity (Wildman–Crippen MR) is 218 cm³/mol. The molecule has 0 spiro atoms. The maximum Gasteiger partial charge on any atom is 0.0540 e. The number of anilines is 3. The first-order chi connectivity index (χ1) is 24.9. The van der Waals surface area contributed by atoms with Crippen molar-refractivity contribution in [1.82, 2.24) is 4.57 Å². The number of hydrogen-bond acceptors (Lipinski definition) is 1. The van der Waals surface area contributed by atoms with Crippen LogP contribution in [0.25, 0.3) is 50.6 Å². The van der Waals surface area contributed by atoms with Gasteiger partial charge in [0.2, 0.25) is 0 Å². The van der Waals surface area contributed by atoms with Gasteiger partial charge in [-0.15, -0.1) is 0 Å². The summed E-state index contributed by atoms with van der Waals surface area (Å²) in [5.74, 6) is 0. The Kier molecular flexibility index (Phi) is 7.29. The molecule has 0 unspecified atom stereocenters. The lowest BCUT2D eigenvalue weighted by molar-refractivity contribution is 0.660. The van der Waals surface area contributed by atoms with Gasteiger partial charge in [-0.3, -0.25) is 0 Å². The lowest BCUT2D eigenvalue weighted by atomic mass is 9.81. The van der Waals surface area contributed by atoms with Gasteiger partial charge in [0.05, 0.1) is 11.2 Å². The van der Waals surface area contributed by atoms with Crippen LogP contribution in [0.15, 0.2) is 158 Å². The van der Waals surface area contributed by atoms with E-state index in [1.807, 2.05) is 0 Å². The minimum absolute atomic E-state index is 0.122. The summed E-state index contributed by atoms with van der Waals surface area (Å²) in [4.78, 5) is 2.35. The number of hydrogen-bond donors (Lipinski definition) is 0. The van der Waals surface area contributed by atoms with Crippen molar-refractivity contribution in [3.63, 3.8) is 0 Å². The summed E-state index contributed by atoms with van der Waals surface area (Å²) >= 11 is 0. The average molecular weight is 657 g/mol. The zero-order chi connectivity index (χ0) is 34.7. The Morgan fingerprint density at radius 3 is 1.82 bits per heavy atom. The number of para-hydroxylation sites is 3. The fraction of sp³-hybridized carbons (Fsp3) is 0.102. The zero-order valence-corrected chi connectivity index (χ0v) is 29.6. The summed E-state index contributed by atoms with van der Waals surface area (Å²) in [6, 6.07) is 57.2. The first-order valence-electron chi connectivity index (χ1n) is 17.9.